The molecule has 71 heavy (non-hydrogen) atoms. The minimum atomic E-state index is -1.61. The van der Waals surface area contributed by atoms with Crippen molar-refractivity contribution < 1.29 is 43.2 Å². The lowest BCUT2D eigenvalue weighted by atomic mass is 10.0. The number of amides is 9. The van der Waals surface area contributed by atoms with Gasteiger partial charge in [-0.3, -0.25) is 48.6 Å². The zero-order chi connectivity index (χ0) is 52.2. The molecule has 2 aliphatic heterocycles. The van der Waals surface area contributed by atoms with E-state index in [0.717, 1.165) is 4.88 Å². The zero-order valence-corrected chi connectivity index (χ0v) is 43.0. The molecule has 0 bridgehead atoms. The first-order valence-electron chi connectivity index (χ1n) is 23.8. The number of hydrogen-bond acceptors (Lipinski definition) is 12. The third-order valence-corrected chi connectivity index (χ3v) is 13.9. The molecule has 2 saturated heterocycles. The highest BCUT2D eigenvalue weighted by molar-refractivity contribution is 7.99. The second-order valence-corrected chi connectivity index (χ2v) is 21.0. The average molecular weight is 1050 g/mol. The maximum Gasteiger partial charge on any atom is 0.246 e. The van der Waals surface area contributed by atoms with Gasteiger partial charge in [0, 0.05) is 54.5 Å². The number of hydrogen-bond donors (Lipinski definition) is 11. The van der Waals surface area contributed by atoms with Crippen molar-refractivity contribution >= 4 is 93.8 Å². The molecule has 0 radical (unpaired) electrons. The van der Waals surface area contributed by atoms with Gasteiger partial charge in [0.05, 0.1) is 6.42 Å². The number of rotatable bonds is 17. The first-order valence-corrected chi connectivity index (χ1v) is 26.2. The lowest BCUT2D eigenvalue weighted by Crippen LogP contribution is -2.61. The summed E-state index contributed by atoms with van der Waals surface area (Å²) in [4.78, 5) is 127. The van der Waals surface area contributed by atoms with Gasteiger partial charge in [-0.1, -0.05) is 57.5 Å². The minimum absolute atomic E-state index is 0.0324. The number of thioether (sulfide) groups is 1. The quantitative estimate of drug-likeness (QED) is 0.0575. The van der Waals surface area contributed by atoms with Crippen LogP contribution in [0.2, 0.25) is 5.02 Å². The third kappa shape index (κ3) is 19.3. The standard InChI is InChI=1S/C47H69ClN12O9S2/c1-26(2)24-53-40(63)31(10-5-17-52-47(50)51)55-44(67)36-11-6-18-60(36)46(69)35-25-70-19-8-12-38(62)54-32(21-28-13-15-29(48)16-14-28)41(64)56-33(22-30-9-7-20-71-30)43(66)59-39(27(3)4)45(68)57-34(23-37(49)61)42(65)58-35/h7,9,13-16,20,26-27,31-36,39H,5-6,8,10-12,17-19,21-25H2,1-4H3,(H2,49,61)(H,53,63)(H,54,62)(H,55,67)(H,56,64)(H,57,68)(H,58,65)(H,59,66)(H4,50,51,52)/t31-,32+,33+,34+,35+,36+,39+/m1/s1. The monoisotopic (exact) mass is 1040 g/mol. The SMILES string of the molecule is CC(C)CNC(=O)[C@@H](CCCNC(=N)N)NC(=O)[C@@H]1CCCN1C(=O)[C@@H]1CSCCCC(=O)N[C@@H](Cc2ccc(Cl)cc2)C(=O)N[C@@H](Cc2cccs2)C(=O)N[C@@H](C(C)C)C(=O)N[C@@H](CC(N)=O)C(=O)N1. The molecule has 1 aromatic heterocycles. The summed E-state index contributed by atoms with van der Waals surface area (Å²) in [5.41, 5.74) is 11.7. The van der Waals surface area contributed by atoms with E-state index >= 15 is 0 Å². The number of likely N-dealkylation sites (tertiary alicyclic amines) is 1. The molecule has 4 rings (SSSR count). The molecule has 0 spiro atoms. The van der Waals surface area contributed by atoms with Gasteiger partial charge in [-0.25, -0.2) is 0 Å². The number of nitrogens with zero attached hydrogens (tertiary/aromatic N) is 1. The molecular formula is C47H69ClN12O9S2. The Labute approximate surface area is 427 Å². The van der Waals surface area contributed by atoms with Crippen LogP contribution in [-0.2, 0) is 56.0 Å². The zero-order valence-electron chi connectivity index (χ0n) is 40.6. The highest BCUT2D eigenvalue weighted by Crippen LogP contribution is 2.22. The Bertz CT molecular complexity index is 2180. The Morgan fingerprint density at radius 3 is 2.17 bits per heavy atom. The average Bonchev–Trinajstić information content (AvgIpc) is 4.03. The molecule has 2 fully saturated rings. The lowest BCUT2D eigenvalue weighted by molar-refractivity contribution is -0.142. The highest BCUT2D eigenvalue weighted by atomic mass is 35.5. The molecule has 390 valence electrons. The van der Waals surface area contributed by atoms with Gasteiger partial charge in [-0.2, -0.15) is 11.8 Å². The van der Waals surface area contributed by atoms with E-state index in [4.69, 9.17) is 28.5 Å². The van der Waals surface area contributed by atoms with Crippen molar-refractivity contribution in [3.63, 3.8) is 0 Å². The van der Waals surface area contributed by atoms with E-state index in [1.165, 1.54) is 28.0 Å². The third-order valence-electron chi connectivity index (χ3n) is 11.6. The number of carbonyl (C=O) groups excluding carboxylic acids is 9. The molecule has 1 aromatic carbocycles. The van der Waals surface area contributed by atoms with Gasteiger partial charge in [-0.15, -0.1) is 11.3 Å². The fourth-order valence-corrected chi connectivity index (χ4v) is 9.74. The number of halogens is 1. The van der Waals surface area contributed by atoms with Crippen molar-refractivity contribution in [1.29, 1.82) is 5.41 Å². The first-order chi connectivity index (χ1) is 33.7. The largest absolute Gasteiger partial charge is 0.370 e. The van der Waals surface area contributed by atoms with Crippen LogP contribution in [0.5, 0.6) is 0 Å². The Balaban J connectivity index is 1.64. The van der Waals surface area contributed by atoms with Crippen LogP contribution in [0, 0.1) is 17.2 Å². The van der Waals surface area contributed by atoms with Crippen LogP contribution in [-0.4, -0.2) is 137 Å². The van der Waals surface area contributed by atoms with Crippen molar-refractivity contribution in [3.05, 3.63) is 57.2 Å². The summed E-state index contributed by atoms with van der Waals surface area (Å²) in [6.07, 6.45) is 0.908. The molecule has 9 amide bonds. The summed E-state index contributed by atoms with van der Waals surface area (Å²) in [6.45, 7) is 7.92. The van der Waals surface area contributed by atoms with Gasteiger partial charge in [0.15, 0.2) is 5.96 Å². The smallest absolute Gasteiger partial charge is 0.246 e. The molecule has 2 aromatic rings. The molecular weight excluding hydrogens is 976 g/mol. The maximum absolute atomic E-state index is 14.6. The van der Waals surface area contributed by atoms with Crippen LogP contribution in [0.4, 0.5) is 0 Å². The maximum atomic E-state index is 14.6. The van der Waals surface area contributed by atoms with E-state index in [0.29, 0.717) is 35.7 Å². The van der Waals surface area contributed by atoms with Gasteiger partial charge in [-0.05, 0) is 78.8 Å². The topological polar surface area (TPSA) is 329 Å². The van der Waals surface area contributed by atoms with E-state index in [2.05, 4.69) is 42.5 Å². The molecule has 2 aliphatic rings. The van der Waals surface area contributed by atoms with Crippen LogP contribution < -0.4 is 54.0 Å². The van der Waals surface area contributed by atoms with Crippen LogP contribution in [0.3, 0.4) is 0 Å². The molecule has 24 heteroatoms. The van der Waals surface area contributed by atoms with Crippen molar-refractivity contribution in [2.24, 2.45) is 23.3 Å². The molecule has 3 heterocycles. The van der Waals surface area contributed by atoms with Crippen LogP contribution in [0.15, 0.2) is 41.8 Å². The van der Waals surface area contributed by atoms with E-state index in [9.17, 15) is 43.2 Å². The van der Waals surface area contributed by atoms with Crippen molar-refractivity contribution in [2.75, 3.05) is 31.1 Å². The van der Waals surface area contributed by atoms with Crippen molar-refractivity contribution in [1.82, 2.24) is 47.4 Å². The minimum Gasteiger partial charge on any atom is -0.370 e. The molecule has 21 nitrogen and oxygen atoms in total. The fraction of sp³-hybridized carbons (Fsp3) is 0.574. The molecule has 7 atom stereocenters. The predicted molar refractivity (Wildman–Crippen MR) is 272 cm³/mol. The second-order valence-electron chi connectivity index (χ2n) is 18.4. The number of thiophene rings is 1. The predicted octanol–water partition coefficient (Wildman–Crippen LogP) is 0.180. The van der Waals surface area contributed by atoms with E-state index in [1.807, 2.05) is 19.2 Å². The van der Waals surface area contributed by atoms with Crippen LogP contribution in [0.1, 0.15) is 83.1 Å². The summed E-state index contributed by atoms with van der Waals surface area (Å²) in [7, 11) is 0. The van der Waals surface area contributed by atoms with Crippen LogP contribution >= 0.6 is 34.7 Å². The summed E-state index contributed by atoms with van der Waals surface area (Å²) in [5, 5.41) is 31.6. The lowest BCUT2D eigenvalue weighted by Gasteiger charge is -2.31. The number of carbonyl (C=O) groups is 9. The van der Waals surface area contributed by atoms with Crippen molar-refractivity contribution in [3.8, 4) is 0 Å². The number of benzene rings is 1. The van der Waals surface area contributed by atoms with Gasteiger partial charge in [0.2, 0.25) is 53.2 Å². The van der Waals surface area contributed by atoms with Gasteiger partial charge >= 0.3 is 0 Å². The summed E-state index contributed by atoms with van der Waals surface area (Å²) in [5.74, 6) is -6.69. The summed E-state index contributed by atoms with van der Waals surface area (Å²) >= 11 is 8.71. The Hall–Kier alpha value is -5.94. The van der Waals surface area contributed by atoms with Crippen LogP contribution in [0.25, 0.3) is 0 Å². The van der Waals surface area contributed by atoms with E-state index in [-0.39, 0.29) is 69.2 Å². The van der Waals surface area contributed by atoms with Gasteiger partial charge in [0.1, 0.15) is 42.3 Å². The van der Waals surface area contributed by atoms with E-state index < -0.39 is 108 Å². The summed E-state index contributed by atoms with van der Waals surface area (Å²) < 4.78 is 0. The Kier molecular flexibility index (Phi) is 23.4. The normalized spacial score (nSPS) is 22.5. The molecule has 0 unspecified atom stereocenters. The summed E-state index contributed by atoms with van der Waals surface area (Å²) in [6, 6.07) is 1.74. The number of guanidine groups is 1. The first kappa shape index (κ1) is 57.6. The van der Waals surface area contributed by atoms with Crippen molar-refractivity contribution in [2.45, 2.75) is 128 Å². The molecule has 13 N–H and O–H groups in total. The number of nitrogens with one attached hydrogen (secondary N) is 9. The number of primary amides is 1. The number of nitrogens with two attached hydrogens (primary N) is 2. The van der Waals surface area contributed by atoms with E-state index in [1.54, 1.807) is 50.2 Å². The Morgan fingerprint density at radius 2 is 1.52 bits per heavy atom. The van der Waals surface area contributed by atoms with Gasteiger partial charge in [0.25, 0.3) is 0 Å². The molecule has 0 saturated carbocycles. The fourth-order valence-electron chi connectivity index (χ4n) is 7.88. The Morgan fingerprint density at radius 1 is 0.845 bits per heavy atom. The molecule has 0 aliphatic carbocycles. The highest BCUT2D eigenvalue weighted by Gasteiger charge is 2.40. The van der Waals surface area contributed by atoms with Gasteiger partial charge < -0.3 is 58.9 Å². The second kappa shape index (κ2) is 28.8.